The van der Waals surface area contributed by atoms with Crippen LogP contribution in [0.15, 0.2) is 24.4 Å². The van der Waals surface area contributed by atoms with E-state index in [0.717, 1.165) is 12.1 Å². The molecule has 0 bridgehead atoms. The van der Waals surface area contributed by atoms with Crippen molar-refractivity contribution in [2.75, 3.05) is 10.6 Å². The number of carbonyl (C=O) groups excluding carboxylic acids is 1. The Hall–Kier alpha value is -2.48. The molecule has 106 valence electrons. The normalized spacial score (nSPS) is 10.4. The maximum atomic E-state index is 13.4. The van der Waals surface area contributed by atoms with Gasteiger partial charge in [0.25, 0.3) is 0 Å². The van der Waals surface area contributed by atoms with Crippen LogP contribution in [0, 0.1) is 11.6 Å². The highest BCUT2D eigenvalue weighted by Gasteiger charge is 2.12. The van der Waals surface area contributed by atoms with Gasteiger partial charge in [0.2, 0.25) is 0 Å². The number of nitrogens with zero attached hydrogens (tertiary/aromatic N) is 2. The smallest absolute Gasteiger partial charge is 0.324 e. The quantitative estimate of drug-likeness (QED) is 0.802. The number of carbonyl (C=O) groups is 1. The van der Waals surface area contributed by atoms with Crippen LogP contribution < -0.4 is 16.4 Å². The van der Waals surface area contributed by atoms with Crippen LogP contribution in [0.1, 0.15) is 5.56 Å². The molecule has 2 rings (SSSR count). The summed E-state index contributed by atoms with van der Waals surface area (Å²) < 4.78 is 27.6. The van der Waals surface area contributed by atoms with Crippen molar-refractivity contribution >= 4 is 17.5 Å². The minimum atomic E-state index is -0.861. The van der Waals surface area contributed by atoms with Crippen molar-refractivity contribution in [3.63, 3.8) is 0 Å². The molecule has 0 fully saturated rings. The molecule has 2 aromatic rings. The Morgan fingerprint density at radius 1 is 1.40 bits per heavy atom. The summed E-state index contributed by atoms with van der Waals surface area (Å²) in [6.45, 7) is 0.203. The Morgan fingerprint density at radius 3 is 2.80 bits per heavy atom. The number of rotatable bonds is 3. The number of urea groups is 1. The Balaban J connectivity index is 2.09. The number of aryl methyl sites for hydroxylation is 1. The van der Waals surface area contributed by atoms with E-state index in [4.69, 9.17) is 5.73 Å². The first-order valence-electron chi connectivity index (χ1n) is 5.75. The lowest BCUT2D eigenvalue weighted by atomic mass is 10.3. The van der Waals surface area contributed by atoms with E-state index in [0.29, 0.717) is 11.6 Å². The van der Waals surface area contributed by atoms with Crippen molar-refractivity contribution in [3.8, 4) is 0 Å². The first kappa shape index (κ1) is 13.9. The summed E-state index contributed by atoms with van der Waals surface area (Å²) in [6.07, 6.45) is 1.66. The number of halogens is 2. The van der Waals surface area contributed by atoms with Crippen LogP contribution in [-0.2, 0) is 13.6 Å². The fourth-order valence-electron chi connectivity index (χ4n) is 1.64. The molecule has 2 amide bonds. The molecule has 0 saturated heterocycles. The molecule has 0 aliphatic rings. The van der Waals surface area contributed by atoms with Gasteiger partial charge in [-0.1, -0.05) is 0 Å². The van der Waals surface area contributed by atoms with Gasteiger partial charge in [-0.2, -0.15) is 5.10 Å². The van der Waals surface area contributed by atoms with Gasteiger partial charge in [-0.15, -0.1) is 0 Å². The van der Waals surface area contributed by atoms with Gasteiger partial charge in [0.05, 0.1) is 5.69 Å². The molecule has 4 N–H and O–H groups in total. The molecule has 6 nitrogen and oxygen atoms in total. The van der Waals surface area contributed by atoms with Gasteiger partial charge < -0.3 is 11.1 Å². The molecule has 1 aromatic heterocycles. The number of aromatic nitrogens is 2. The predicted octanol–water partition coefficient (Wildman–Crippen LogP) is 1.80. The largest absolute Gasteiger partial charge is 0.326 e. The third-order valence-electron chi connectivity index (χ3n) is 2.54. The zero-order valence-corrected chi connectivity index (χ0v) is 10.7. The van der Waals surface area contributed by atoms with Crippen molar-refractivity contribution in [1.82, 2.24) is 9.78 Å². The SMILES string of the molecule is Cn1cc(CN)c(NC(=O)Nc2ccc(F)cc2F)n1. The summed E-state index contributed by atoms with van der Waals surface area (Å²) in [6, 6.07) is 2.17. The molecular weight excluding hydrogens is 268 g/mol. The lowest BCUT2D eigenvalue weighted by Gasteiger charge is -2.07. The van der Waals surface area contributed by atoms with E-state index in [2.05, 4.69) is 15.7 Å². The second-order valence-electron chi connectivity index (χ2n) is 4.08. The Morgan fingerprint density at radius 2 is 2.15 bits per heavy atom. The topological polar surface area (TPSA) is 85.0 Å². The summed E-state index contributed by atoms with van der Waals surface area (Å²) in [5.41, 5.74) is 6.02. The highest BCUT2D eigenvalue weighted by molar-refractivity contribution is 5.99. The van der Waals surface area contributed by atoms with Crippen molar-refractivity contribution in [2.24, 2.45) is 12.8 Å². The van der Waals surface area contributed by atoms with E-state index in [-0.39, 0.29) is 18.1 Å². The van der Waals surface area contributed by atoms with Gasteiger partial charge in [0.15, 0.2) is 5.82 Å². The summed E-state index contributed by atoms with van der Waals surface area (Å²) in [4.78, 5) is 11.7. The number of anilines is 2. The molecular formula is C12H13F2N5O. The molecule has 1 aromatic carbocycles. The van der Waals surface area contributed by atoms with Gasteiger partial charge >= 0.3 is 6.03 Å². The van der Waals surface area contributed by atoms with Crippen LogP contribution >= 0.6 is 0 Å². The summed E-state index contributed by atoms with van der Waals surface area (Å²) in [5, 5.41) is 8.73. The number of benzene rings is 1. The third kappa shape index (κ3) is 3.09. The van der Waals surface area contributed by atoms with Crippen LogP contribution in [-0.4, -0.2) is 15.8 Å². The van der Waals surface area contributed by atoms with E-state index in [1.165, 1.54) is 4.68 Å². The lowest BCUT2D eigenvalue weighted by molar-refractivity contribution is 0.262. The number of hydrogen-bond acceptors (Lipinski definition) is 3. The molecule has 0 aliphatic heterocycles. The lowest BCUT2D eigenvalue weighted by Crippen LogP contribution is -2.21. The van der Waals surface area contributed by atoms with Crippen LogP contribution in [0.2, 0.25) is 0 Å². The highest BCUT2D eigenvalue weighted by atomic mass is 19.1. The average molecular weight is 281 g/mol. The Kier molecular flexibility index (Phi) is 3.94. The number of nitrogens with one attached hydrogen (secondary N) is 2. The van der Waals surface area contributed by atoms with E-state index in [1.54, 1.807) is 13.2 Å². The Labute approximate surface area is 113 Å². The molecule has 20 heavy (non-hydrogen) atoms. The second kappa shape index (κ2) is 5.66. The van der Waals surface area contributed by atoms with Crippen LogP contribution in [0.25, 0.3) is 0 Å². The van der Waals surface area contributed by atoms with Crippen molar-refractivity contribution in [3.05, 3.63) is 41.6 Å². The number of hydrogen-bond donors (Lipinski definition) is 3. The van der Waals surface area contributed by atoms with Crippen LogP contribution in [0.5, 0.6) is 0 Å². The molecule has 0 atom stereocenters. The van der Waals surface area contributed by atoms with Crippen molar-refractivity contribution in [2.45, 2.75) is 6.54 Å². The van der Waals surface area contributed by atoms with Gasteiger partial charge in [0.1, 0.15) is 11.6 Å². The second-order valence-corrected chi connectivity index (χ2v) is 4.08. The molecule has 8 heteroatoms. The minimum absolute atomic E-state index is 0.130. The fourth-order valence-corrected chi connectivity index (χ4v) is 1.64. The summed E-state index contributed by atoms with van der Waals surface area (Å²) >= 11 is 0. The standard InChI is InChI=1S/C12H13F2N5O/c1-19-6-7(5-15)11(18-19)17-12(20)16-10-3-2-8(13)4-9(10)14/h2-4,6H,5,15H2,1H3,(H2,16,17,18,20). The fraction of sp³-hybridized carbons (Fsp3) is 0.167. The van der Waals surface area contributed by atoms with E-state index >= 15 is 0 Å². The summed E-state index contributed by atoms with van der Waals surface area (Å²) in [5.74, 6) is -1.29. The zero-order valence-electron chi connectivity index (χ0n) is 10.7. The highest BCUT2D eigenvalue weighted by Crippen LogP contribution is 2.16. The number of amides is 2. The maximum absolute atomic E-state index is 13.4. The zero-order chi connectivity index (χ0) is 14.7. The molecule has 1 heterocycles. The van der Waals surface area contributed by atoms with Crippen molar-refractivity contribution in [1.29, 1.82) is 0 Å². The summed E-state index contributed by atoms with van der Waals surface area (Å²) in [7, 11) is 1.68. The molecule has 0 unspecified atom stereocenters. The molecule has 0 radical (unpaired) electrons. The average Bonchev–Trinajstić information content (AvgIpc) is 2.73. The van der Waals surface area contributed by atoms with E-state index < -0.39 is 17.7 Å². The number of nitrogens with two attached hydrogens (primary N) is 1. The molecule has 0 aliphatic carbocycles. The van der Waals surface area contributed by atoms with Crippen LogP contribution in [0.3, 0.4) is 0 Å². The third-order valence-corrected chi connectivity index (χ3v) is 2.54. The van der Waals surface area contributed by atoms with Crippen molar-refractivity contribution < 1.29 is 13.6 Å². The van der Waals surface area contributed by atoms with E-state index in [1.807, 2.05) is 0 Å². The predicted molar refractivity (Wildman–Crippen MR) is 70.1 cm³/mol. The molecule has 0 spiro atoms. The first-order valence-corrected chi connectivity index (χ1v) is 5.75. The van der Waals surface area contributed by atoms with Crippen LogP contribution in [0.4, 0.5) is 25.1 Å². The van der Waals surface area contributed by atoms with Gasteiger partial charge in [-0.25, -0.2) is 13.6 Å². The van der Waals surface area contributed by atoms with Gasteiger partial charge in [0, 0.05) is 31.4 Å². The maximum Gasteiger partial charge on any atom is 0.324 e. The van der Waals surface area contributed by atoms with E-state index in [9.17, 15) is 13.6 Å². The molecule has 0 saturated carbocycles. The Bertz CT molecular complexity index is 641. The minimum Gasteiger partial charge on any atom is -0.326 e. The first-order chi connectivity index (χ1) is 9.49. The monoisotopic (exact) mass is 281 g/mol. The van der Waals surface area contributed by atoms with Gasteiger partial charge in [-0.3, -0.25) is 10.00 Å². The van der Waals surface area contributed by atoms with Gasteiger partial charge in [-0.05, 0) is 12.1 Å².